The van der Waals surface area contributed by atoms with Crippen LogP contribution < -0.4 is 5.32 Å². The molecule has 1 amide bonds. The van der Waals surface area contributed by atoms with Crippen LogP contribution in [0.15, 0.2) is 12.7 Å². The number of piperidine rings is 1. The van der Waals surface area contributed by atoms with E-state index in [-0.39, 0.29) is 41.0 Å². The molecule has 3 aliphatic heterocycles. The summed E-state index contributed by atoms with van der Waals surface area (Å²) in [5, 5.41) is 4.00. The Morgan fingerprint density at radius 2 is 2.12 bits per heavy atom. The molecule has 1 saturated carbocycles. The van der Waals surface area contributed by atoms with Gasteiger partial charge in [-0.1, -0.05) is 26.8 Å². The number of nitrogens with zero attached hydrogens (tertiary/aromatic N) is 1. The van der Waals surface area contributed by atoms with Gasteiger partial charge in [-0.3, -0.25) is 4.90 Å². The van der Waals surface area contributed by atoms with Crippen molar-refractivity contribution >= 4 is 14.4 Å². The molecular weight excluding hydrogens is 448 g/mol. The fourth-order valence-electron chi connectivity index (χ4n) is 7.20. The van der Waals surface area contributed by atoms with Crippen LogP contribution in [-0.2, 0) is 18.6 Å². The molecule has 34 heavy (non-hydrogen) atoms. The number of amides is 1. The summed E-state index contributed by atoms with van der Waals surface area (Å²) in [7, 11) is -0.321. The molecule has 1 N–H and O–H groups in total. The third kappa shape index (κ3) is 4.07. The van der Waals surface area contributed by atoms with Crippen molar-refractivity contribution in [1.82, 2.24) is 10.2 Å². The SMILES string of the molecule is C=CCCC[C@@]1(COCOC)C[C@H]2CN3C(=O)O[C@H](CO[Si](C)(C)C(C)(C)C)[C@@]34[C@@H]2CCN[C@@H]14. The normalized spacial score (nSPS) is 37.0. The van der Waals surface area contributed by atoms with Crippen LogP contribution in [0.5, 0.6) is 0 Å². The highest BCUT2D eigenvalue weighted by molar-refractivity contribution is 6.74. The maximum absolute atomic E-state index is 13.3. The van der Waals surface area contributed by atoms with Crippen LogP contribution in [0, 0.1) is 17.3 Å². The van der Waals surface area contributed by atoms with Crippen LogP contribution in [0.1, 0.15) is 52.9 Å². The number of hydrogen-bond donors (Lipinski definition) is 1. The Bertz CT molecular complexity index is 771. The van der Waals surface area contributed by atoms with Crippen molar-refractivity contribution in [2.24, 2.45) is 17.3 Å². The average molecular weight is 495 g/mol. The number of carbonyl (C=O) groups is 1. The molecular formula is C26H46N2O5Si. The lowest BCUT2D eigenvalue weighted by molar-refractivity contribution is -0.137. The van der Waals surface area contributed by atoms with Crippen LogP contribution in [0.4, 0.5) is 4.79 Å². The molecule has 7 nitrogen and oxygen atoms in total. The number of unbranched alkanes of at least 4 members (excludes halogenated alkanes) is 1. The van der Waals surface area contributed by atoms with Crippen LogP contribution in [0.2, 0.25) is 18.1 Å². The maximum atomic E-state index is 13.3. The Morgan fingerprint density at radius 3 is 2.79 bits per heavy atom. The monoisotopic (exact) mass is 494 g/mol. The van der Waals surface area contributed by atoms with E-state index in [2.05, 4.69) is 50.7 Å². The lowest BCUT2D eigenvalue weighted by atomic mass is 9.51. The van der Waals surface area contributed by atoms with E-state index < -0.39 is 8.32 Å². The van der Waals surface area contributed by atoms with Crippen LogP contribution in [0.25, 0.3) is 0 Å². The minimum absolute atomic E-state index is 0.0823. The first-order valence-corrected chi connectivity index (χ1v) is 16.0. The summed E-state index contributed by atoms with van der Waals surface area (Å²) in [4.78, 5) is 15.3. The molecule has 0 aromatic rings. The van der Waals surface area contributed by atoms with Crippen LogP contribution >= 0.6 is 0 Å². The first-order valence-electron chi connectivity index (χ1n) is 13.1. The fraction of sp³-hybridized carbons (Fsp3) is 0.885. The largest absolute Gasteiger partial charge is 0.441 e. The van der Waals surface area contributed by atoms with Gasteiger partial charge in [-0.05, 0) is 68.6 Å². The van der Waals surface area contributed by atoms with Gasteiger partial charge < -0.3 is 24.0 Å². The summed E-state index contributed by atoms with van der Waals surface area (Å²) in [5.41, 5.74) is -0.452. The van der Waals surface area contributed by atoms with Gasteiger partial charge in [0.2, 0.25) is 0 Å². The fourth-order valence-corrected chi connectivity index (χ4v) is 8.20. The number of hydrogen-bond acceptors (Lipinski definition) is 6. The zero-order chi connectivity index (χ0) is 24.8. The van der Waals surface area contributed by atoms with E-state index >= 15 is 0 Å². The van der Waals surface area contributed by atoms with Gasteiger partial charge in [-0.15, -0.1) is 6.58 Å². The molecule has 0 unspecified atom stereocenters. The first-order chi connectivity index (χ1) is 16.0. The highest BCUT2D eigenvalue weighted by Crippen LogP contribution is 2.63. The quantitative estimate of drug-likeness (QED) is 0.197. The summed E-state index contributed by atoms with van der Waals surface area (Å²) in [6, 6.07) is 0.110. The molecule has 0 aromatic carbocycles. The Balaban J connectivity index is 1.69. The highest BCUT2D eigenvalue weighted by atomic mass is 28.4. The molecule has 194 valence electrons. The zero-order valence-electron chi connectivity index (χ0n) is 22.2. The number of methoxy groups -OCH3 is 1. The zero-order valence-corrected chi connectivity index (χ0v) is 23.2. The second kappa shape index (κ2) is 9.50. The van der Waals surface area contributed by atoms with Gasteiger partial charge in [0.15, 0.2) is 14.4 Å². The Morgan fingerprint density at radius 1 is 1.35 bits per heavy atom. The van der Waals surface area contributed by atoms with E-state index in [0.717, 1.165) is 45.2 Å². The van der Waals surface area contributed by atoms with E-state index in [0.29, 0.717) is 25.0 Å². The van der Waals surface area contributed by atoms with Crippen molar-refractivity contribution < 1.29 is 23.4 Å². The van der Waals surface area contributed by atoms with Crippen molar-refractivity contribution in [3.05, 3.63) is 12.7 Å². The first kappa shape index (κ1) is 26.1. The molecule has 4 rings (SSSR count). The second-order valence-electron chi connectivity index (χ2n) is 12.5. The lowest BCUT2D eigenvalue weighted by Gasteiger charge is -2.60. The van der Waals surface area contributed by atoms with E-state index in [4.69, 9.17) is 18.6 Å². The molecule has 3 heterocycles. The Hall–Kier alpha value is -0.933. The minimum Gasteiger partial charge on any atom is -0.441 e. The van der Waals surface area contributed by atoms with Gasteiger partial charge >= 0.3 is 6.09 Å². The molecule has 4 fully saturated rings. The van der Waals surface area contributed by atoms with E-state index in [9.17, 15) is 4.79 Å². The third-order valence-electron chi connectivity index (χ3n) is 9.65. The Labute approximate surface area is 207 Å². The van der Waals surface area contributed by atoms with Gasteiger partial charge in [0, 0.05) is 25.1 Å². The summed E-state index contributed by atoms with van der Waals surface area (Å²) in [5.74, 6) is 0.907. The Kier molecular flexibility index (Phi) is 7.31. The molecule has 4 bridgehead atoms. The predicted octanol–water partition coefficient (Wildman–Crippen LogP) is 4.54. The molecule has 0 aromatic heterocycles. The van der Waals surface area contributed by atoms with Crippen molar-refractivity contribution in [3.63, 3.8) is 0 Å². The molecule has 1 spiro atoms. The maximum Gasteiger partial charge on any atom is 0.410 e. The minimum atomic E-state index is -1.99. The van der Waals surface area contributed by atoms with Gasteiger partial charge in [0.1, 0.15) is 12.3 Å². The van der Waals surface area contributed by atoms with E-state index in [1.165, 1.54) is 0 Å². The topological polar surface area (TPSA) is 69.3 Å². The average Bonchev–Trinajstić information content (AvgIpc) is 3.17. The molecule has 3 saturated heterocycles. The number of carbonyl (C=O) groups excluding carboxylic acids is 1. The van der Waals surface area contributed by atoms with E-state index in [1.807, 2.05) is 6.08 Å². The molecule has 1 aliphatic carbocycles. The number of allylic oxidation sites excluding steroid dienone is 1. The smallest absolute Gasteiger partial charge is 0.410 e. The van der Waals surface area contributed by atoms with Crippen molar-refractivity contribution in [2.45, 2.75) is 88.7 Å². The third-order valence-corrected chi connectivity index (χ3v) is 14.2. The lowest BCUT2D eigenvalue weighted by Crippen LogP contribution is -2.75. The van der Waals surface area contributed by atoms with Crippen LogP contribution in [-0.4, -0.2) is 77.2 Å². The summed E-state index contributed by atoms with van der Waals surface area (Å²) < 4.78 is 24.2. The van der Waals surface area contributed by atoms with Crippen LogP contribution in [0.3, 0.4) is 0 Å². The molecule has 4 aliphatic rings. The van der Waals surface area contributed by atoms with Gasteiger partial charge in [0.25, 0.3) is 0 Å². The number of nitrogens with one attached hydrogen (secondary N) is 1. The van der Waals surface area contributed by atoms with Gasteiger partial charge in [-0.25, -0.2) is 4.79 Å². The summed E-state index contributed by atoms with van der Waals surface area (Å²) in [6.07, 6.45) is 6.80. The molecule has 6 atom stereocenters. The predicted molar refractivity (Wildman–Crippen MR) is 135 cm³/mol. The molecule has 8 heteroatoms. The van der Waals surface area contributed by atoms with Gasteiger partial charge in [0.05, 0.1) is 13.2 Å². The van der Waals surface area contributed by atoms with E-state index in [1.54, 1.807) is 7.11 Å². The number of ether oxygens (including phenoxy) is 3. The second-order valence-corrected chi connectivity index (χ2v) is 17.3. The summed E-state index contributed by atoms with van der Waals surface area (Å²) in [6.45, 7) is 18.4. The van der Waals surface area contributed by atoms with Crippen molar-refractivity contribution in [1.29, 1.82) is 0 Å². The van der Waals surface area contributed by atoms with Crippen molar-refractivity contribution in [3.8, 4) is 0 Å². The standard InChI is InChI=1S/C26H46N2O5Si/c1-8-9-10-12-25(17-31-18-30-5)14-19-15-28-23(29)33-21(16-32-34(6,7)24(2,3)4)26(28)20(19)11-13-27-22(25)26/h8,19-22,27H,1,9-18H2,2-7H3/t19-,20+,21+,22-,25-,26+/m0/s1. The number of rotatable bonds is 11. The summed E-state index contributed by atoms with van der Waals surface area (Å²) >= 11 is 0. The highest BCUT2D eigenvalue weighted by Gasteiger charge is 2.75. The van der Waals surface area contributed by atoms with Crippen molar-refractivity contribution in [2.75, 3.05) is 40.2 Å². The molecule has 0 radical (unpaired) electrons. The van der Waals surface area contributed by atoms with Gasteiger partial charge in [-0.2, -0.15) is 0 Å². The number of cyclic esters (lactones) is 1.